The van der Waals surface area contributed by atoms with Crippen molar-refractivity contribution in [1.29, 1.82) is 0 Å². The number of carbonyl (C=O) groups excluding carboxylic acids is 1. The van der Waals surface area contributed by atoms with Gasteiger partial charge < -0.3 is 0 Å². The number of hydrazine groups is 1. The van der Waals surface area contributed by atoms with Crippen molar-refractivity contribution >= 4 is 38.5 Å². The molecular formula is C23H27N7O3Sn. The summed E-state index contributed by atoms with van der Waals surface area (Å²) in [5.74, 6) is 1.91. The van der Waals surface area contributed by atoms with E-state index in [1.165, 1.54) is 21.7 Å². The molecule has 2 saturated heterocycles. The fourth-order valence-electron chi connectivity index (χ4n) is 4.87. The summed E-state index contributed by atoms with van der Waals surface area (Å²) in [6.07, 6.45) is 13.5. The van der Waals surface area contributed by atoms with Crippen molar-refractivity contribution in [3.05, 3.63) is 54.3 Å². The number of nitrogens with zero attached hydrogens (tertiary/aromatic N) is 5. The van der Waals surface area contributed by atoms with Gasteiger partial charge in [-0.25, -0.2) is 0 Å². The van der Waals surface area contributed by atoms with Crippen LogP contribution in [0.3, 0.4) is 0 Å². The summed E-state index contributed by atoms with van der Waals surface area (Å²) in [6, 6.07) is 1.96. The van der Waals surface area contributed by atoms with E-state index in [1.807, 2.05) is 11.1 Å². The Morgan fingerprint density at radius 2 is 2.09 bits per heavy atom. The predicted octanol–water partition coefficient (Wildman–Crippen LogP) is 1.40. The van der Waals surface area contributed by atoms with Gasteiger partial charge in [-0.05, 0) is 6.07 Å². The zero-order valence-corrected chi connectivity index (χ0v) is 21.6. The number of rotatable bonds is 4. The van der Waals surface area contributed by atoms with E-state index in [4.69, 9.17) is 14.5 Å². The van der Waals surface area contributed by atoms with Crippen LogP contribution < -0.4 is 10.7 Å². The Hall–Kier alpha value is -2.28. The minimum absolute atomic E-state index is 0.0981. The molecule has 34 heavy (non-hydrogen) atoms. The summed E-state index contributed by atoms with van der Waals surface area (Å²) in [5.41, 5.74) is 4.58. The number of dihydropyridines is 1. The SMILES string of the molecule is O=C(NC1=CC(C2C[CH2][Sn][CH2]C2)NN1C1=NCC(C2OCCO2)C=C1)c1cnn2cccnc12. The normalized spacial score (nSPS) is 26.2. The van der Waals surface area contributed by atoms with Gasteiger partial charge in [-0.1, -0.05) is 0 Å². The molecule has 0 bridgehead atoms. The Bertz CT molecular complexity index is 1150. The van der Waals surface area contributed by atoms with Gasteiger partial charge in [-0.15, -0.1) is 0 Å². The van der Waals surface area contributed by atoms with E-state index in [9.17, 15) is 4.79 Å². The van der Waals surface area contributed by atoms with Gasteiger partial charge in [0.25, 0.3) is 0 Å². The van der Waals surface area contributed by atoms with Crippen molar-refractivity contribution in [3.8, 4) is 0 Å². The number of aromatic nitrogens is 3. The molecule has 11 heteroatoms. The average Bonchev–Trinajstić information content (AvgIpc) is 3.64. The van der Waals surface area contributed by atoms with Gasteiger partial charge in [-0.3, -0.25) is 0 Å². The van der Waals surface area contributed by atoms with Crippen LogP contribution in [0.1, 0.15) is 23.2 Å². The maximum atomic E-state index is 13.2. The van der Waals surface area contributed by atoms with Crippen molar-refractivity contribution in [3.63, 3.8) is 0 Å². The van der Waals surface area contributed by atoms with Gasteiger partial charge in [0.2, 0.25) is 0 Å². The van der Waals surface area contributed by atoms with Crippen LogP contribution in [0.5, 0.6) is 0 Å². The molecule has 10 nitrogen and oxygen atoms in total. The first-order valence-electron chi connectivity index (χ1n) is 11.8. The topological polar surface area (TPSA) is 105 Å². The van der Waals surface area contributed by atoms with Crippen LogP contribution in [0.15, 0.2) is 53.7 Å². The summed E-state index contributed by atoms with van der Waals surface area (Å²) in [6.45, 7) is 1.83. The zero-order chi connectivity index (χ0) is 22.9. The number of aliphatic imine (C=N–C) groups is 1. The molecule has 4 aliphatic heterocycles. The fourth-order valence-corrected chi connectivity index (χ4v) is 8.87. The van der Waals surface area contributed by atoms with E-state index in [-0.39, 0.29) is 45.3 Å². The molecule has 1 amide bonds. The predicted molar refractivity (Wildman–Crippen MR) is 126 cm³/mol. The quantitative estimate of drug-likeness (QED) is 0.538. The third-order valence-electron chi connectivity index (χ3n) is 6.70. The Morgan fingerprint density at radius 3 is 2.88 bits per heavy atom. The molecule has 2 aromatic heterocycles. The van der Waals surface area contributed by atoms with Crippen LogP contribution in [-0.4, -0.2) is 84.6 Å². The van der Waals surface area contributed by atoms with Gasteiger partial charge in [0.15, 0.2) is 0 Å². The van der Waals surface area contributed by atoms with Crippen molar-refractivity contribution in [2.45, 2.75) is 34.0 Å². The molecule has 6 rings (SSSR count). The molecule has 0 saturated carbocycles. The van der Waals surface area contributed by atoms with Crippen molar-refractivity contribution in [1.82, 2.24) is 30.3 Å². The summed E-state index contributed by atoms with van der Waals surface area (Å²) in [5, 5.41) is 9.26. The number of hydrogen-bond donors (Lipinski definition) is 2. The monoisotopic (exact) mass is 569 g/mol. The second-order valence-corrected chi connectivity index (χ2v) is 13.1. The first-order chi connectivity index (χ1) is 16.8. The van der Waals surface area contributed by atoms with Crippen LogP contribution in [0, 0.1) is 11.8 Å². The molecule has 2 unspecified atom stereocenters. The Kier molecular flexibility index (Phi) is 6.37. The second kappa shape index (κ2) is 9.76. The molecule has 176 valence electrons. The molecule has 6 heterocycles. The summed E-state index contributed by atoms with van der Waals surface area (Å²) < 4.78 is 15.7. The minimum atomic E-state index is -0.240. The van der Waals surface area contributed by atoms with Crippen LogP contribution in [-0.2, 0) is 9.47 Å². The number of amides is 1. The third-order valence-corrected chi connectivity index (χ3v) is 10.4. The maximum absolute atomic E-state index is 13.2. The van der Waals surface area contributed by atoms with Crippen LogP contribution >= 0.6 is 0 Å². The number of ether oxygens (including phenoxy) is 2. The summed E-state index contributed by atoms with van der Waals surface area (Å²) >= 11 is -0.146. The van der Waals surface area contributed by atoms with E-state index in [0.29, 0.717) is 42.7 Å². The molecule has 2 atom stereocenters. The van der Waals surface area contributed by atoms with Crippen molar-refractivity contribution in [2.75, 3.05) is 19.8 Å². The van der Waals surface area contributed by atoms with Crippen LogP contribution in [0.2, 0.25) is 8.87 Å². The fraction of sp³-hybridized carbons (Fsp3) is 0.478. The van der Waals surface area contributed by atoms with E-state index in [1.54, 1.807) is 29.2 Å². The number of carbonyl (C=O) groups is 1. The summed E-state index contributed by atoms with van der Waals surface area (Å²) in [7, 11) is 0. The Labute approximate surface area is 207 Å². The van der Waals surface area contributed by atoms with Gasteiger partial charge in [0.1, 0.15) is 0 Å². The molecule has 4 aliphatic rings. The molecular weight excluding hydrogens is 541 g/mol. The van der Waals surface area contributed by atoms with Crippen LogP contribution in [0.25, 0.3) is 5.65 Å². The van der Waals surface area contributed by atoms with Crippen molar-refractivity contribution in [2.24, 2.45) is 16.8 Å². The van der Waals surface area contributed by atoms with Gasteiger partial charge >= 0.3 is 189 Å². The third kappa shape index (κ3) is 4.39. The van der Waals surface area contributed by atoms with E-state index < -0.39 is 0 Å². The van der Waals surface area contributed by atoms with Crippen molar-refractivity contribution < 1.29 is 14.3 Å². The molecule has 0 aromatic carbocycles. The molecule has 2 aromatic rings. The number of fused-ring (bicyclic) bond motifs is 1. The van der Waals surface area contributed by atoms with Crippen LogP contribution in [0.4, 0.5) is 0 Å². The molecule has 2 fully saturated rings. The Morgan fingerprint density at radius 1 is 1.24 bits per heavy atom. The average molecular weight is 568 g/mol. The molecule has 2 radical (unpaired) electrons. The number of amidine groups is 1. The van der Waals surface area contributed by atoms with Gasteiger partial charge in [0.05, 0.1) is 13.2 Å². The zero-order valence-electron chi connectivity index (χ0n) is 18.8. The Balaban J connectivity index is 1.23. The van der Waals surface area contributed by atoms with E-state index >= 15 is 0 Å². The van der Waals surface area contributed by atoms with Gasteiger partial charge in [-0.2, -0.15) is 0 Å². The molecule has 0 aliphatic carbocycles. The number of nitrogens with one attached hydrogen (secondary N) is 2. The number of hydrogen-bond acceptors (Lipinski definition) is 8. The first kappa shape index (κ1) is 22.2. The van der Waals surface area contributed by atoms with E-state index in [2.05, 4.69) is 33.0 Å². The van der Waals surface area contributed by atoms with E-state index in [0.717, 1.165) is 5.84 Å². The van der Waals surface area contributed by atoms with Gasteiger partial charge in [0, 0.05) is 0 Å². The first-order valence-corrected chi connectivity index (χ1v) is 15.8. The second-order valence-electron chi connectivity index (χ2n) is 8.86. The molecule has 0 spiro atoms. The standard InChI is InChI=1S/C23H27N7O3.Sn/c1-3-15(4-2)18-12-20(27-22(31)17-14-26-29-9-5-8-24-21(17)29)30(28-18)19-7-6-16(13-25-19)23-32-10-11-33-23;/h5-9,12,14-16,18,23,28H,1-4,10-11,13H2,(H,27,31);. The summed E-state index contributed by atoms with van der Waals surface area (Å²) in [4.78, 5) is 22.4. The molecule has 2 N–H and O–H groups in total.